The van der Waals surface area contributed by atoms with Crippen LogP contribution in [0.15, 0.2) is 24.4 Å². The predicted octanol–water partition coefficient (Wildman–Crippen LogP) is 2.89. The molecule has 10 heteroatoms. The van der Waals surface area contributed by atoms with E-state index in [0.717, 1.165) is 12.0 Å². The summed E-state index contributed by atoms with van der Waals surface area (Å²) in [7, 11) is 0. The van der Waals surface area contributed by atoms with Gasteiger partial charge in [0.25, 0.3) is 5.91 Å². The lowest BCUT2D eigenvalue weighted by molar-refractivity contribution is 0.0302. The van der Waals surface area contributed by atoms with Crippen LogP contribution in [0.5, 0.6) is 5.75 Å². The van der Waals surface area contributed by atoms with Gasteiger partial charge in [-0.1, -0.05) is 13.0 Å². The Morgan fingerprint density at radius 2 is 2.18 bits per heavy atom. The van der Waals surface area contributed by atoms with Crippen LogP contribution in [0.4, 0.5) is 11.8 Å². The number of hydrogen-bond acceptors (Lipinski definition) is 8. The summed E-state index contributed by atoms with van der Waals surface area (Å²) in [6.07, 6.45) is 2.62. The number of ether oxygens (including phenoxy) is 2. The molecular weight excluding hydrogens is 434 g/mol. The number of nitrogens with zero attached hydrogens (tertiary/aromatic N) is 4. The molecule has 1 unspecified atom stereocenters. The highest BCUT2D eigenvalue weighted by Gasteiger charge is 2.30. The molecule has 3 aromatic rings. The Bertz CT molecular complexity index is 1260. The van der Waals surface area contributed by atoms with Crippen molar-refractivity contribution in [1.82, 2.24) is 19.9 Å². The number of nitriles is 1. The maximum atomic E-state index is 13.1. The van der Waals surface area contributed by atoms with Gasteiger partial charge in [-0.15, -0.1) is 0 Å². The highest BCUT2D eigenvalue weighted by Crippen LogP contribution is 2.33. The number of carbonyl (C=O) groups excluding carboxylic acids is 1. The van der Waals surface area contributed by atoms with Gasteiger partial charge in [-0.25, -0.2) is 0 Å². The fourth-order valence-electron chi connectivity index (χ4n) is 4.25. The van der Waals surface area contributed by atoms with Crippen molar-refractivity contribution in [2.45, 2.75) is 39.0 Å². The van der Waals surface area contributed by atoms with Gasteiger partial charge in [0.1, 0.15) is 23.3 Å². The Kier molecular flexibility index (Phi) is 5.94. The van der Waals surface area contributed by atoms with Gasteiger partial charge in [-0.3, -0.25) is 4.79 Å². The summed E-state index contributed by atoms with van der Waals surface area (Å²) < 4.78 is 11.5. The molecule has 2 aromatic heterocycles. The maximum absolute atomic E-state index is 13.1. The molecule has 1 amide bonds. The Labute approximate surface area is 197 Å². The Balaban J connectivity index is 1.39. The first-order valence-electron chi connectivity index (χ1n) is 11.5. The van der Waals surface area contributed by atoms with Gasteiger partial charge < -0.3 is 30.0 Å². The van der Waals surface area contributed by atoms with Crippen molar-refractivity contribution in [2.24, 2.45) is 0 Å². The number of nitrogens with one attached hydrogen (secondary N) is 3. The van der Waals surface area contributed by atoms with Crippen LogP contribution in [-0.2, 0) is 11.2 Å². The normalized spacial score (nSPS) is 18.1. The fraction of sp³-hybridized carbons (Fsp3) is 0.417. The van der Waals surface area contributed by atoms with Crippen LogP contribution in [0.2, 0.25) is 0 Å². The largest absolute Gasteiger partial charge is 0.470 e. The average molecular weight is 462 g/mol. The number of H-pyrrole nitrogens is 1. The maximum Gasteiger partial charge on any atom is 0.254 e. The Hall–Kier alpha value is -3.84. The number of anilines is 2. The quantitative estimate of drug-likeness (QED) is 0.511. The topological polar surface area (TPSA) is 128 Å². The number of carbonyl (C=O) groups is 1. The van der Waals surface area contributed by atoms with Crippen molar-refractivity contribution in [3.05, 3.63) is 41.1 Å². The zero-order valence-corrected chi connectivity index (χ0v) is 19.2. The minimum Gasteiger partial charge on any atom is -0.470 e. The highest BCUT2D eigenvalue weighted by atomic mass is 16.5. The molecule has 0 radical (unpaired) electrons. The summed E-state index contributed by atoms with van der Waals surface area (Å²) in [5, 5.41) is 16.8. The molecule has 5 rings (SSSR count). The van der Waals surface area contributed by atoms with Gasteiger partial charge in [0.2, 0.25) is 5.95 Å². The lowest BCUT2D eigenvalue weighted by Crippen LogP contribution is -2.41. The molecule has 0 saturated carbocycles. The molecular formula is C24H27N7O3. The molecule has 3 N–H and O–H groups in total. The monoisotopic (exact) mass is 461 g/mol. The van der Waals surface area contributed by atoms with E-state index in [-0.39, 0.29) is 11.9 Å². The Morgan fingerprint density at radius 3 is 2.94 bits per heavy atom. The second kappa shape index (κ2) is 9.19. The van der Waals surface area contributed by atoms with Crippen LogP contribution in [0.25, 0.3) is 11.0 Å². The van der Waals surface area contributed by atoms with Gasteiger partial charge in [-0.05, 0) is 25.5 Å². The van der Waals surface area contributed by atoms with Crippen LogP contribution < -0.4 is 15.4 Å². The van der Waals surface area contributed by atoms with E-state index in [1.165, 1.54) is 0 Å². The molecule has 1 aromatic carbocycles. The molecule has 176 valence electrons. The van der Waals surface area contributed by atoms with Crippen LogP contribution >= 0.6 is 0 Å². The fourth-order valence-corrected chi connectivity index (χ4v) is 4.25. The van der Waals surface area contributed by atoms with Crippen LogP contribution in [0.3, 0.4) is 0 Å². The molecule has 34 heavy (non-hydrogen) atoms. The highest BCUT2D eigenvalue weighted by molar-refractivity contribution is 5.97. The van der Waals surface area contributed by atoms with Crippen molar-refractivity contribution in [2.75, 3.05) is 36.9 Å². The van der Waals surface area contributed by atoms with Gasteiger partial charge >= 0.3 is 0 Å². The van der Waals surface area contributed by atoms with Crippen molar-refractivity contribution in [3.63, 3.8) is 0 Å². The summed E-state index contributed by atoms with van der Waals surface area (Å²) >= 11 is 0. The molecule has 2 aliphatic heterocycles. The van der Waals surface area contributed by atoms with Crippen molar-refractivity contribution in [1.29, 1.82) is 5.26 Å². The molecule has 10 nitrogen and oxygen atoms in total. The summed E-state index contributed by atoms with van der Waals surface area (Å²) in [5.41, 5.74) is 2.59. The lowest BCUT2D eigenvalue weighted by atomic mass is 10.0. The second-order valence-electron chi connectivity index (χ2n) is 8.53. The zero-order chi connectivity index (χ0) is 23.7. The van der Waals surface area contributed by atoms with Gasteiger partial charge in [0, 0.05) is 42.9 Å². The second-order valence-corrected chi connectivity index (χ2v) is 8.53. The number of amides is 1. The first kappa shape index (κ1) is 22.0. The number of hydrogen-bond donors (Lipinski definition) is 3. The van der Waals surface area contributed by atoms with Crippen molar-refractivity contribution in [3.8, 4) is 11.8 Å². The number of morpholine rings is 1. The van der Waals surface area contributed by atoms with Crippen molar-refractivity contribution < 1.29 is 14.3 Å². The summed E-state index contributed by atoms with van der Waals surface area (Å²) in [6, 6.07) is 7.93. The zero-order valence-electron chi connectivity index (χ0n) is 19.2. The third kappa shape index (κ3) is 4.10. The molecule has 2 aliphatic rings. The van der Waals surface area contributed by atoms with Crippen molar-refractivity contribution >= 4 is 28.7 Å². The number of benzene rings is 1. The molecule has 2 atom stereocenters. The smallest absolute Gasteiger partial charge is 0.254 e. The number of fused-ring (bicyclic) bond motifs is 2. The average Bonchev–Trinajstić information content (AvgIpc) is 3.47. The third-order valence-corrected chi connectivity index (χ3v) is 6.26. The predicted molar refractivity (Wildman–Crippen MR) is 127 cm³/mol. The van der Waals surface area contributed by atoms with E-state index in [1.807, 2.05) is 23.1 Å². The number of rotatable bonds is 6. The van der Waals surface area contributed by atoms with E-state index in [9.17, 15) is 10.1 Å². The van der Waals surface area contributed by atoms with E-state index in [1.54, 1.807) is 6.20 Å². The molecule has 0 spiro atoms. The first-order chi connectivity index (χ1) is 16.6. The van der Waals surface area contributed by atoms with E-state index in [0.29, 0.717) is 72.4 Å². The summed E-state index contributed by atoms with van der Waals surface area (Å²) in [4.78, 5) is 27.2. The minimum absolute atomic E-state index is 0.00229. The van der Waals surface area contributed by atoms with Crippen LogP contribution in [0, 0.1) is 11.3 Å². The molecule has 1 saturated heterocycles. The van der Waals surface area contributed by atoms with Gasteiger partial charge in [0.05, 0.1) is 24.2 Å². The van der Waals surface area contributed by atoms with E-state index in [4.69, 9.17) is 9.47 Å². The Morgan fingerprint density at radius 1 is 1.35 bits per heavy atom. The molecule has 4 heterocycles. The van der Waals surface area contributed by atoms with E-state index in [2.05, 4.69) is 45.5 Å². The van der Waals surface area contributed by atoms with Gasteiger partial charge in [-0.2, -0.15) is 15.2 Å². The standard InChI is InChI=1S/C24H27N7O3/c1-3-14(2)27-22-20-15(12-25)13-26-21(20)29-24(30-22)28-19-11-17-16(5-4-6-18(17)34-19)23(32)31-7-9-33-10-8-31/h4-6,13-14,19H,3,7-11H2,1-2H3,(H3,26,27,28,29,30)/t14?,19-/m1/s1. The van der Waals surface area contributed by atoms with E-state index < -0.39 is 6.23 Å². The molecule has 0 bridgehead atoms. The summed E-state index contributed by atoms with van der Waals surface area (Å²) in [5.74, 6) is 1.65. The lowest BCUT2D eigenvalue weighted by Gasteiger charge is -2.27. The molecule has 0 aliphatic carbocycles. The summed E-state index contributed by atoms with van der Waals surface area (Å²) in [6.45, 7) is 6.43. The number of aromatic nitrogens is 3. The van der Waals surface area contributed by atoms with E-state index >= 15 is 0 Å². The number of aromatic amines is 1. The third-order valence-electron chi connectivity index (χ3n) is 6.26. The first-order valence-corrected chi connectivity index (χ1v) is 11.5. The van der Waals surface area contributed by atoms with Crippen LogP contribution in [-0.4, -0.2) is 64.3 Å². The van der Waals surface area contributed by atoms with Gasteiger partial charge in [0.15, 0.2) is 6.23 Å². The molecule has 1 fully saturated rings. The SMILES string of the molecule is CCC(C)Nc1nc(N[C@H]2Cc3c(cccc3C(=O)N3CCOCC3)O2)nc2[nH]cc(C#N)c12. The van der Waals surface area contributed by atoms with Crippen LogP contribution in [0.1, 0.15) is 41.8 Å². The minimum atomic E-state index is -0.423.